The summed E-state index contributed by atoms with van der Waals surface area (Å²) in [6.45, 7) is 2.29. The maximum absolute atomic E-state index is 9.67. The molecule has 2 fully saturated rings. The highest BCUT2D eigenvalue weighted by Gasteiger charge is 2.51. The first-order chi connectivity index (χ1) is 37.6. The molecule has 0 N–H and O–H groups in total. The normalized spacial score (nSPS) is 23.4. The molecule has 0 saturated carbocycles. The van der Waals surface area contributed by atoms with Crippen molar-refractivity contribution in [3.05, 3.63) is 238 Å². The molecule has 2 aliphatic heterocycles. The second kappa shape index (κ2) is 29.0. The SMILES string of the molecule is COCOCC[C@H]1O[C@H](Cn2cc([C@H]3O[C@H](CN=[N+]=[N-])[C@@H](OCc4ccccc4)[C@H](OCc4ccccc4)[C@@H]3OCc3ccccc3)nn2)[C@@H](OCc2ccccc2)[C@H](OCc2ccccc2)[C@@H]1OCc1ccccc1. The van der Waals surface area contributed by atoms with E-state index in [0.717, 1.165) is 33.4 Å². The molecular weight excluding hydrogens is 965 g/mol. The lowest BCUT2D eigenvalue weighted by Crippen LogP contribution is -2.61. The Kier molecular flexibility index (Phi) is 20.7. The van der Waals surface area contributed by atoms with E-state index in [4.69, 9.17) is 57.7 Å². The summed E-state index contributed by atoms with van der Waals surface area (Å²) in [6.07, 6.45) is -4.51. The van der Waals surface area contributed by atoms with Gasteiger partial charge in [0.1, 0.15) is 61.3 Å². The number of nitrogens with zero attached hydrogens (tertiary/aromatic N) is 6. The molecule has 16 heteroatoms. The Morgan fingerprint density at radius 1 is 0.487 bits per heavy atom. The summed E-state index contributed by atoms with van der Waals surface area (Å²) in [6, 6.07) is 59.9. The Bertz CT molecular complexity index is 2760. The van der Waals surface area contributed by atoms with Crippen molar-refractivity contribution in [3.8, 4) is 0 Å². The first kappa shape index (κ1) is 54.2. The fraction of sp³-hybridized carbons (Fsp3) is 0.367. The van der Waals surface area contributed by atoms with Crippen LogP contribution in [0.1, 0.15) is 51.6 Å². The van der Waals surface area contributed by atoms with Gasteiger partial charge < -0.3 is 47.4 Å². The van der Waals surface area contributed by atoms with Crippen LogP contribution in [0.25, 0.3) is 10.4 Å². The third-order valence-electron chi connectivity index (χ3n) is 13.4. The van der Waals surface area contributed by atoms with Crippen molar-refractivity contribution < 1.29 is 47.4 Å². The zero-order valence-corrected chi connectivity index (χ0v) is 42.7. The molecule has 1 aromatic heterocycles. The van der Waals surface area contributed by atoms with E-state index in [1.165, 1.54) is 0 Å². The minimum atomic E-state index is -0.852. The van der Waals surface area contributed by atoms with Gasteiger partial charge >= 0.3 is 0 Å². The molecule has 6 aromatic carbocycles. The van der Waals surface area contributed by atoms with Gasteiger partial charge in [-0.1, -0.05) is 192 Å². The Morgan fingerprint density at radius 2 is 0.868 bits per heavy atom. The molecular formula is C60H66N6O10. The van der Waals surface area contributed by atoms with E-state index >= 15 is 0 Å². The standard InChI is InChI=1S/C60H66N6O10/c1-67-43-68-33-32-51-55(69-37-44-20-8-2-9-21-44)59(73-41-48-28-16-6-17-29-48)57(71-39-46-24-12-4-13-25-46)53(75-51)36-66-35-50(63-65-66)54-58(72-40-47-26-14-5-15-27-47)60(74-42-49-30-18-7-19-31-49)56(52(76-54)34-62-64-61)70-38-45-22-10-3-11-23-45/h2-31,35,51-60H,32-34,36-43H2,1H3/t51-,52-,53-,54-,55-,56-,57-,58-,59-,60+/m1/s1. The number of benzene rings is 6. The van der Waals surface area contributed by atoms with E-state index in [2.05, 4.69) is 10.0 Å². The number of hydrogen-bond donors (Lipinski definition) is 0. The van der Waals surface area contributed by atoms with Crippen molar-refractivity contribution in [1.29, 1.82) is 0 Å². The largest absolute Gasteiger partial charge is 0.368 e. The molecule has 9 rings (SSSR count). The second-order valence-corrected chi connectivity index (χ2v) is 18.8. The van der Waals surface area contributed by atoms with Crippen LogP contribution in [0.3, 0.4) is 0 Å². The average molecular weight is 1030 g/mol. The fourth-order valence-corrected chi connectivity index (χ4v) is 9.61. The predicted octanol–water partition coefficient (Wildman–Crippen LogP) is 10.3. The lowest BCUT2D eigenvalue weighted by Gasteiger charge is -2.46. The predicted molar refractivity (Wildman–Crippen MR) is 283 cm³/mol. The Hall–Kier alpha value is -6.63. The average Bonchev–Trinajstić information content (AvgIpc) is 3.97. The van der Waals surface area contributed by atoms with Crippen LogP contribution < -0.4 is 0 Å². The highest BCUT2D eigenvalue weighted by molar-refractivity contribution is 5.19. The minimum absolute atomic E-state index is 0.0408. The number of hydrogen-bond acceptors (Lipinski definition) is 13. The topological polar surface area (TPSA) is 172 Å². The van der Waals surface area contributed by atoms with Gasteiger partial charge in [-0.3, -0.25) is 0 Å². The summed E-state index contributed by atoms with van der Waals surface area (Å²) in [5.74, 6) is 0. The number of azide groups is 1. The monoisotopic (exact) mass is 1030 g/mol. The van der Waals surface area contributed by atoms with Crippen molar-refractivity contribution in [2.45, 2.75) is 114 Å². The molecule has 0 unspecified atom stereocenters. The van der Waals surface area contributed by atoms with Crippen LogP contribution in [-0.2, 0) is 93.6 Å². The maximum Gasteiger partial charge on any atom is 0.146 e. The summed E-state index contributed by atoms with van der Waals surface area (Å²) in [5, 5.41) is 13.6. The van der Waals surface area contributed by atoms with Crippen molar-refractivity contribution in [1.82, 2.24) is 15.0 Å². The van der Waals surface area contributed by atoms with Gasteiger partial charge in [0.15, 0.2) is 0 Å². The number of ether oxygens (including phenoxy) is 10. The van der Waals surface area contributed by atoms with Crippen LogP contribution in [0, 0.1) is 0 Å². The van der Waals surface area contributed by atoms with Gasteiger partial charge in [-0.2, -0.15) is 0 Å². The summed E-state index contributed by atoms with van der Waals surface area (Å²) in [7, 11) is 1.60. The summed E-state index contributed by atoms with van der Waals surface area (Å²) < 4.78 is 68.5. The van der Waals surface area contributed by atoms with Crippen LogP contribution >= 0.6 is 0 Å². The molecule has 396 valence electrons. The van der Waals surface area contributed by atoms with E-state index < -0.39 is 61.0 Å². The molecule has 10 atom stereocenters. The first-order valence-electron chi connectivity index (χ1n) is 25.8. The van der Waals surface area contributed by atoms with Gasteiger partial charge in [0.05, 0.1) is 77.7 Å². The quantitative estimate of drug-likeness (QED) is 0.0150. The van der Waals surface area contributed by atoms with E-state index in [-0.39, 0.29) is 46.3 Å². The van der Waals surface area contributed by atoms with E-state index in [1.807, 2.05) is 188 Å². The Labute approximate surface area is 444 Å². The third kappa shape index (κ3) is 15.5. The van der Waals surface area contributed by atoms with E-state index in [1.54, 1.807) is 11.8 Å². The van der Waals surface area contributed by atoms with Crippen molar-refractivity contribution in [3.63, 3.8) is 0 Å². The lowest BCUT2D eigenvalue weighted by atomic mass is 9.92. The fourth-order valence-electron chi connectivity index (χ4n) is 9.61. The minimum Gasteiger partial charge on any atom is -0.368 e. The smallest absolute Gasteiger partial charge is 0.146 e. The van der Waals surface area contributed by atoms with Crippen molar-refractivity contribution in [2.24, 2.45) is 5.11 Å². The van der Waals surface area contributed by atoms with Gasteiger partial charge in [0, 0.05) is 12.0 Å². The van der Waals surface area contributed by atoms with Gasteiger partial charge in [0.2, 0.25) is 0 Å². The molecule has 3 heterocycles. The number of aromatic nitrogens is 3. The maximum atomic E-state index is 9.67. The zero-order valence-electron chi connectivity index (χ0n) is 42.7. The van der Waals surface area contributed by atoms with Crippen LogP contribution in [0.4, 0.5) is 0 Å². The van der Waals surface area contributed by atoms with E-state index in [9.17, 15) is 5.53 Å². The van der Waals surface area contributed by atoms with Crippen LogP contribution in [0.2, 0.25) is 0 Å². The van der Waals surface area contributed by atoms with E-state index in [0.29, 0.717) is 31.9 Å². The Morgan fingerprint density at radius 3 is 1.29 bits per heavy atom. The van der Waals surface area contributed by atoms with Gasteiger partial charge in [-0.25, -0.2) is 4.68 Å². The number of methoxy groups -OCH3 is 1. The lowest BCUT2D eigenvalue weighted by molar-refractivity contribution is -0.270. The zero-order chi connectivity index (χ0) is 52.0. The highest BCUT2D eigenvalue weighted by atomic mass is 16.7. The molecule has 7 aromatic rings. The first-order valence-corrected chi connectivity index (χ1v) is 25.8. The van der Waals surface area contributed by atoms with Gasteiger partial charge in [0.25, 0.3) is 0 Å². The van der Waals surface area contributed by atoms with Crippen LogP contribution in [-0.4, -0.2) is 97.0 Å². The molecule has 76 heavy (non-hydrogen) atoms. The summed E-state index contributed by atoms with van der Waals surface area (Å²) in [4.78, 5) is 3.13. The number of rotatable bonds is 28. The molecule has 0 aliphatic carbocycles. The highest BCUT2D eigenvalue weighted by Crippen LogP contribution is 2.39. The van der Waals surface area contributed by atoms with Gasteiger partial charge in [-0.05, 0) is 45.3 Å². The molecule has 0 amide bonds. The summed E-state index contributed by atoms with van der Waals surface area (Å²) in [5.41, 5.74) is 16.0. The van der Waals surface area contributed by atoms with Gasteiger partial charge in [-0.15, -0.1) is 5.10 Å². The molecule has 0 radical (unpaired) electrons. The van der Waals surface area contributed by atoms with Crippen molar-refractivity contribution in [2.75, 3.05) is 27.1 Å². The molecule has 0 spiro atoms. The molecule has 0 bridgehead atoms. The van der Waals surface area contributed by atoms with Crippen LogP contribution in [0.5, 0.6) is 0 Å². The second-order valence-electron chi connectivity index (χ2n) is 18.8. The third-order valence-corrected chi connectivity index (χ3v) is 13.4. The van der Waals surface area contributed by atoms with Crippen molar-refractivity contribution >= 4 is 0 Å². The van der Waals surface area contributed by atoms with Crippen LogP contribution in [0.15, 0.2) is 193 Å². The molecule has 16 nitrogen and oxygen atoms in total. The molecule has 2 aliphatic rings. The molecule has 2 saturated heterocycles. The Balaban J connectivity index is 1.06. The summed E-state index contributed by atoms with van der Waals surface area (Å²) >= 11 is 0.